The quantitative estimate of drug-likeness (QED) is 0.804. The summed E-state index contributed by atoms with van der Waals surface area (Å²) in [4.78, 5) is 16.0. The lowest BCUT2D eigenvalue weighted by molar-refractivity contribution is -0.135. The summed E-state index contributed by atoms with van der Waals surface area (Å²) >= 11 is 0. The third-order valence-corrected chi connectivity index (χ3v) is 4.46. The van der Waals surface area contributed by atoms with Crippen LogP contribution in [0.3, 0.4) is 0 Å². The second kappa shape index (κ2) is 8.73. The van der Waals surface area contributed by atoms with E-state index in [2.05, 4.69) is 30.1 Å². The highest BCUT2D eigenvalue weighted by Gasteiger charge is 2.26. The van der Waals surface area contributed by atoms with E-state index in [1.54, 1.807) is 21.0 Å². The monoisotopic (exact) mass is 363 g/mol. The lowest BCUT2D eigenvalue weighted by Crippen LogP contribution is -2.56. The van der Waals surface area contributed by atoms with Gasteiger partial charge >= 0.3 is 0 Å². The number of nitrogens with zero attached hydrogens (tertiary/aromatic N) is 2. The Labute approximate surface area is 157 Å². The minimum absolute atomic E-state index is 0.0698. The average molecular weight is 364 g/mol. The van der Waals surface area contributed by atoms with Gasteiger partial charge in [-0.1, -0.05) is 6.07 Å². The van der Waals surface area contributed by atoms with Gasteiger partial charge in [-0.05, 0) is 45.4 Å². The van der Waals surface area contributed by atoms with E-state index in [9.17, 15) is 4.79 Å². The maximum Gasteiger partial charge on any atom is 0.262 e. The first-order chi connectivity index (χ1) is 12.2. The maximum atomic E-state index is 12.1. The van der Waals surface area contributed by atoms with E-state index in [1.165, 1.54) is 10.5 Å². The molecule has 1 aromatic carbocycles. The van der Waals surface area contributed by atoms with Gasteiger partial charge in [-0.3, -0.25) is 9.69 Å². The van der Waals surface area contributed by atoms with Gasteiger partial charge in [0.1, 0.15) is 0 Å². The number of nitrogens with one attached hydrogen (secondary N) is 1. The third kappa shape index (κ3) is 5.61. The molecule has 1 amide bonds. The van der Waals surface area contributed by atoms with Gasteiger partial charge in [-0.2, -0.15) is 0 Å². The minimum atomic E-state index is -0.552. The SMILES string of the molecule is CCOc1cc(CN2CCNC(C)(C)C2)ccc1OC(C)C(=O)N(C)C. The van der Waals surface area contributed by atoms with E-state index in [4.69, 9.17) is 9.47 Å². The Balaban J connectivity index is 2.11. The first-order valence-corrected chi connectivity index (χ1v) is 9.33. The summed E-state index contributed by atoms with van der Waals surface area (Å²) in [5.74, 6) is 1.23. The van der Waals surface area contributed by atoms with Gasteiger partial charge in [0.05, 0.1) is 6.61 Å². The number of amides is 1. The highest BCUT2D eigenvalue weighted by Crippen LogP contribution is 2.30. The molecule has 1 unspecified atom stereocenters. The number of rotatable bonds is 7. The Morgan fingerprint density at radius 3 is 2.69 bits per heavy atom. The maximum absolute atomic E-state index is 12.1. The molecule has 0 bridgehead atoms. The van der Waals surface area contributed by atoms with Crippen molar-refractivity contribution in [2.45, 2.75) is 45.9 Å². The Morgan fingerprint density at radius 1 is 1.35 bits per heavy atom. The van der Waals surface area contributed by atoms with Crippen LogP contribution >= 0.6 is 0 Å². The smallest absolute Gasteiger partial charge is 0.262 e. The predicted octanol–water partition coefficient (Wildman–Crippen LogP) is 2.12. The number of piperazine rings is 1. The van der Waals surface area contributed by atoms with Crippen LogP contribution in [0.1, 0.15) is 33.3 Å². The van der Waals surface area contributed by atoms with Crippen LogP contribution in [0, 0.1) is 0 Å². The average Bonchev–Trinajstić information content (AvgIpc) is 2.55. The number of carbonyl (C=O) groups excluding carboxylic acids is 1. The fraction of sp³-hybridized carbons (Fsp3) is 0.650. The molecule has 1 atom stereocenters. The molecule has 146 valence electrons. The van der Waals surface area contributed by atoms with Crippen LogP contribution in [-0.2, 0) is 11.3 Å². The molecule has 2 rings (SSSR count). The van der Waals surface area contributed by atoms with Crippen LogP contribution in [-0.4, -0.2) is 67.7 Å². The summed E-state index contributed by atoms with van der Waals surface area (Å²) in [6.07, 6.45) is -0.552. The summed E-state index contributed by atoms with van der Waals surface area (Å²) in [6, 6.07) is 5.99. The van der Waals surface area contributed by atoms with Gasteiger partial charge in [0, 0.05) is 45.8 Å². The molecule has 1 aliphatic heterocycles. The van der Waals surface area contributed by atoms with Crippen molar-refractivity contribution in [3.63, 3.8) is 0 Å². The van der Waals surface area contributed by atoms with Gasteiger partial charge in [0.25, 0.3) is 5.91 Å². The first kappa shape index (κ1) is 20.5. The third-order valence-electron chi connectivity index (χ3n) is 4.46. The zero-order valence-corrected chi connectivity index (χ0v) is 17.0. The van der Waals surface area contributed by atoms with Crippen LogP contribution in [0.15, 0.2) is 18.2 Å². The molecule has 0 saturated carbocycles. The normalized spacial score (nSPS) is 18.2. The second-order valence-corrected chi connectivity index (χ2v) is 7.73. The molecule has 1 N–H and O–H groups in total. The highest BCUT2D eigenvalue weighted by atomic mass is 16.5. The Bertz CT molecular complexity index is 616. The van der Waals surface area contributed by atoms with Crippen molar-refractivity contribution in [3.8, 4) is 11.5 Å². The largest absolute Gasteiger partial charge is 0.490 e. The molecule has 0 radical (unpaired) electrons. The van der Waals surface area contributed by atoms with Crippen molar-refractivity contribution in [3.05, 3.63) is 23.8 Å². The predicted molar refractivity (Wildman–Crippen MR) is 104 cm³/mol. The molecule has 1 heterocycles. The van der Waals surface area contributed by atoms with Gasteiger partial charge in [0.15, 0.2) is 17.6 Å². The van der Waals surface area contributed by atoms with Crippen molar-refractivity contribution in [2.75, 3.05) is 40.3 Å². The summed E-state index contributed by atoms with van der Waals surface area (Å²) in [7, 11) is 3.45. The van der Waals surface area contributed by atoms with E-state index in [0.29, 0.717) is 18.1 Å². The molecule has 0 aromatic heterocycles. The molecular formula is C20H33N3O3. The van der Waals surface area contributed by atoms with Gasteiger partial charge in [-0.25, -0.2) is 0 Å². The van der Waals surface area contributed by atoms with Gasteiger partial charge in [-0.15, -0.1) is 0 Å². The number of likely N-dealkylation sites (N-methyl/N-ethyl adjacent to an activating group) is 1. The fourth-order valence-corrected chi connectivity index (χ4v) is 3.26. The van der Waals surface area contributed by atoms with Crippen molar-refractivity contribution in [1.29, 1.82) is 0 Å². The van der Waals surface area contributed by atoms with E-state index in [0.717, 1.165) is 26.2 Å². The first-order valence-electron chi connectivity index (χ1n) is 9.33. The Morgan fingerprint density at radius 2 is 2.08 bits per heavy atom. The van der Waals surface area contributed by atoms with E-state index in [-0.39, 0.29) is 11.4 Å². The molecule has 1 saturated heterocycles. The zero-order chi connectivity index (χ0) is 19.3. The Hall–Kier alpha value is -1.79. The number of benzene rings is 1. The molecule has 0 spiro atoms. The lowest BCUT2D eigenvalue weighted by atomic mass is 10.0. The molecule has 1 fully saturated rings. The van der Waals surface area contributed by atoms with Gasteiger partial charge in [0.2, 0.25) is 0 Å². The number of ether oxygens (including phenoxy) is 2. The van der Waals surface area contributed by atoms with Crippen molar-refractivity contribution >= 4 is 5.91 Å². The van der Waals surface area contributed by atoms with Gasteiger partial charge < -0.3 is 19.7 Å². The van der Waals surface area contributed by atoms with Crippen LogP contribution in [0.4, 0.5) is 0 Å². The van der Waals surface area contributed by atoms with Crippen LogP contribution < -0.4 is 14.8 Å². The fourth-order valence-electron chi connectivity index (χ4n) is 3.26. The van der Waals surface area contributed by atoms with Crippen molar-refractivity contribution < 1.29 is 14.3 Å². The molecular weight excluding hydrogens is 330 g/mol. The number of carbonyl (C=O) groups is 1. The van der Waals surface area contributed by atoms with E-state index < -0.39 is 6.10 Å². The van der Waals surface area contributed by atoms with Crippen LogP contribution in [0.5, 0.6) is 11.5 Å². The Kier molecular flexibility index (Phi) is 6.89. The minimum Gasteiger partial charge on any atom is -0.490 e. The molecule has 1 aromatic rings. The number of hydrogen-bond acceptors (Lipinski definition) is 5. The van der Waals surface area contributed by atoms with Crippen LogP contribution in [0.25, 0.3) is 0 Å². The molecule has 1 aliphatic rings. The molecule has 6 heteroatoms. The van der Waals surface area contributed by atoms with Crippen molar-refractivity contribution in [2.24, 2.45) is 0 Å². The van der Waals surface area contributed by atoms with Crippen LogP contribution in [0.2, 0.25) is 0 Å². The summed E-state index contributed by atoms with van der Waals surface area (Å²) in [5.41, 5.74) is 1.32. The summed E-state index contributed by atoms with van der Waals surface area (Å²) < 4.78 is 11.6. The number of hydrogen-bond donors (Lipinski definition) is 1. The van der Waals surface area contributed by atoms with Crippen molar-refractivity contribution in [1.82, 2.24) is 15.1 Å². The summed E-state index contributed by atoms with van der Waals surface area (Å²) in [5, 5.41) is 3.53. The highest BCUT2D eigenvalue weighted by molar-refractivity contribution is 5.80. The molecule has 0 aliphatic carbocycles. The topological polar surface area (TPSA) is 54.0 Å². The lowest BCUT2D eigenvalue weighted by Gasteiger charge is -2.39. The zero-order valence-electron chi connectivity index (χ0n) is 17.0. The standard InChI is InChI=1S/C20H33N3O3/c1-7-25-18-12-16(13-23-11-10-21-20(3,4)14-23)8-9-17(18)26-15(2)19(24)22(5)6/h8-9,12,15,21H,7,10-11,13-14H2,1-6H3. The summed E-state index contributed by atoms with van der Waals surface area (Å²) in [6.45, 7) is 12.6. The van der Waals surface area contributed by atoms with E-state index >= 15 is 0 Å². The van der Waals surface area contributed by atoms with E-state index in [1.807, 2.05) is 19.1 Å². The molecule has 26 heavy (non-hydrogen) atoms. The molecule has 6 nitrogen and oxygen atoms in total. The second-order valence-electron chi connectivity index (χ2n) is 7.73.